The quantitative estimate of drug-likeness (QED) is 0.729. The highest BCUT2D eigenvalue weighted by atomic mass is 16.4. The lowest BCUT2D eigenvalue weighted by atomic mass is 10.3. The Kier molecular flexibility index (Phi) is 1.73. The SMILES string of the molecule is Cc1cn(C)c2ncc(C(=O)O)nc12. The average Bonchev–Trinajstić information content (AvgIpc) is 2.42. The van der Waals surface area contributed by atoms with E-state index in [-0.39, 0.29) is 5.69 Å². The molecule has 1 N–H and O–H groups in total. The normalized spacial score (nSPS) is 10.7. The van der Waals surface area contributed by atoms with E-state index >= 15 is 0 Å². The number of carbonyl (C=O) groups is 1. The van der Waals surface area contributed by atoms with Gasteiger partial charge in [-0.2, -0.15) is 0 Å². The summed E-state index contributed by atoms with van der Waals surface area (Å²) in [5.41, 5.74) is 2.25. The number of aromatic nitrogens is 3. The Morgan fingerprint density at radius 2 is 2.29 bits per heavy atom. The minimum atomic E-state index is -1.05. The van der Waals surface area contributed by atoms with Crippen LogP contribution < -0.4 is 0 Å². The van der Waals surface area contributed by atoms with Gasteiger partial charge in [-0.25, -0.2) is 14.8 Å². The third kappa shape index (κ3) is 1.14. The first-order chi connectivity index (χ1) is 6.59. The largest absolute Gasteiger partial charge is 0.476 e. The number of aryl methyl sites for hydroxylation is 2. The maximum absolute atomic E-state index is 10.7. The molecule has 0 radical (unpaired) electrons. The van der Waals surface area contributed by atoms with Gasteiger partial charge < -0.3 is 9.67 Å². The van der Waals surface area contributed by atoms with Crippen molar-refractivity contribution in [1.29, 1.82) is 0 Å². The molecule has 5 nitrogen and oxygen atoms in total. The summed E-state index contributed by atoms with van der Waals surface area (Å²) in [7, 11) is 1.85. The fourth-order valence-electron chi connectivity index (χ4n) is 1.42. The van der Waals surface area contributed by atoms with Crippen molar-refractivity contribution in [3.05, 3.63) is 23.7 Å². The lowest BCUT2D eigenvalue weighted by Gasteiger charge is -1.95. The maximum Gasteiger partial charge on any atom is 0.356 e. The van der Waals surface area contributed by atoms with Gasteiger partial charge in [0.15, 0.2) is 11.3 Å². The van der Waals surface area contributed by atoms with E-state index < -0.39 is 5.97 Å². The molecule has 0 saturated carbocycles. The van der Waals surface area contributed by atoms with Crippen LogP contribution in [0.25, 0.3) is 11.2 Å². The van der Waals surface area contributed by atoms with Crippen LogP contribution in [0.1, 0.15) is 16.1 Å². The molecule has 0 fully saturated rings. The zero-order valence-electron chi connectivity index (χ0n) is 7.85. The molecule has 0 aliphatic carbocycles. The second-order valence-electron chi connectivity index (χ2n) is 3.16. The van der Waals surface area contributed by atoms with Crippen molar-refractivity contribution < 1.29 is 9.90 Å². The number of carboxylic acid groups (broad SMARTS) is 1. The van der Waals surface area contributed by atoms with Crippen LogP contribution in [0.15, 0.2) is 12.4 Å². The van der Waals surface area contributed by atoms with Crippen LogP contribution in [0.2, 0.25) is 0 Å². The van der Waals surface area contributed by atoms with Crippen LogP contribution in [0.5, 0.6) is 0 Å². The molecule has 72 valence electrons. The average molecular weight is 191 g/mol. The number of fused-ring (bicyclic) bond motifs is 1. The summed E-state index contributed by atoms with van der Waals surface area (Å²) < 4.78 is 1.82. The van der Waals surface area contributed by atoms with Gasteiger partial charge >= 0.3 is 5.97 Å². The summed E-state index contributed by atoms with van der Waals surface area (Å²) in [6, 6.07) is 0. The molecule has 2 aromatic heterocycles. The molecule has 0 spiro atoms. The summed E-state index contributed by atoms with van der Waals surface area (Å²) in [5.74, 6) is -1.05. The van der Waals surface area contributed by atoms with Crippen LogP contribution in [0, 0.1) is 6.92 Å². The zero-order valence-corrected chi connectivity index (χ0v) is 7.85. The van der Waals surface area contributed by atoms with Gasteiger partial charge in [0.25, 0.3) is 0 Å². The number of hydrogen-bond donors (Lipinski definition) is 1. The standard InChI is InChI=1S/C9H9N3O2/c1-5-4-12(2)8-7(5)11-6(3-10-8)9(13)14/h3-4H,1-2H3,(H,13,14). The Morgan fingerprint density at radius 3 is 2.93 bits per heavy atom. The molecule has 0 saturated heterocycles. The topological polar surface area (TPSA) is 68.0 Å². The minimum Gasteiger partial charge on any atom is -0.476 e. The molecule has 0 aromatic carbocycles. The molecule has 0 amide bonds. The highest BCUT2D eigenvalue weighted by molar-refractivity contribution is 5.88. The third-order valence-electron chi connectivity index (χ3n) is 2.07. The smallest absolute Gasteiger partial charge is 0.356 e. The van der Waals surface area contributed by atoms with Gasteiger partial charge in [0.1, 0.15) is 5.52 Å². The van der Waals surface area contributed by atoms with Crippen LogP contribution in [0.3, 0.4) is 0 Å². The number of carboxylic acids is 1. The molecule has 14 heavy (non-hydrogen) atoms. The molecule has 2 aromatic rings. The van der Waals surface area contributed by atoms with Crippen molar-refractivity contribution in [1.82, 2.24) is 14.5 Å². The molecule has 0 bridgehead atoms. The van der Waals surface area contributed by atoms with E-state index in [2.05, 4.69) is 9.97 Å². The predicted octanol–water partition coefficient (Wildman–Crippen LogP) is 0.975. The monoisotopic (exact) mass is 191 g/mol. The van der Waals surface area contributed by atoms with E-state index in [1.54, 1.807) is 0 Å². The van der Waals surface area contributed by atoms with Gasteiger partial charge in [-0.15, -0.1) is 0 Å². The third-order valence-corrected chi connectivity index (χ3v) is 2.07. The van der Waals surface area contributed by atoms with Crippen molar-refractivity contribution in [2.75, 3.05) is 0 Å². The number of nitrogens with zero attached hydrogens (tertiary/aromatic N) is 3. The Morgan fingerprint density at radius 1 is 1.57 bits per heavy atom. The molecule has 5 heteroatoms. The molecule has 0 aliphatic heterocycles. The second kappa shape index (κ2) is 2.80. The Labute approximate surface area is 80.0 Å². The number of rotatable bonds is 1. The molecule has 0 atom stereocenters. The van der Waals surface area contributed by atoms with Crippen molar-refractivity contribution in [3.63, 3.8) is 0 Å². The van der Waals surface area contributed by atoms with Crippen molar-refractivity contribution in [3.8, 4) is 0 Å². The van der Waals surface area contributed by atoms with E-state index in [4.69, 9.17) is 5.11 Å². The Hall–Kier alpha value is -1.91. The van der Waals surface area contributed by atoms with Crippen LogP contribution >= 0.6 is 0 Å². The lowest BCUT2D eigenvalue weighted by molar-refractivity contribution is 0.0690. The maximum atomic E-state index is 10.7. The van der Waals surface area contributed by atoms with Gasteiger partial charge in [0, 0.05) is 13.2 Å². The fourth-order valence-corrected chi connectivity index (χ4v) is 1.42. The van der Waals surface area contributed by atoms with Gasteiger partial charge in [-0.1, -0.05) is 0 Å². The first kappa shape index (κ1) is 8.68. The Balaban J connectivity index is 2.77. The van der Waals surface area contributed by atoms with E-state index in [1.165, 1.54) is 6.20 Å². The highest BCUT2D eigenvalue weighted by Gasteiger charge is 2.10. The number of aromatic carboxylic acids is 1. The molecule has 2 heterocycles. The summed E-state index contributed by atoms with van der Waals surface area (Å²) in [6.07, 6.45) is 3.14. The van der Waals surface area contributed by atoms with Gasteiger partial charge in [0.05, 0.1) is 6.20 Å². The van der Waals surface area contributed by atoms with Gasteiger partial charge in [-0.3, -0.25) is 0 Å². The predicted molar refractivity (Wildman–Crippen MR) is 50.2 cm³/mol. The first-order valence-corrected chi connectivity index (χ1v) is 4.11. The van der Waals surface area contributed by atoms with Crippen molar-refractivity contribution >= 4 is 17.1 Å². The Bertz CT molecular complexity index is 516. The molecular formula is C9H9N3O2. The fraction of sp³-hybridized carbons (Fsp3) is 0.222. The van der Waals surface area contributed by atoms with Crippen LogP contribution in [-0.4, -0.2) is 25.6 Å². The van der Waals surface area contributed by atoms with Gasteiger partial charge in [-0.05, 0) is 12.5 Å². The summed E-state index contributed by atoms with van der Waals surface area (Å²) in [6.45, 7) is 1.88. The number of hydrogen-bond acceptors (Lipinski definition) is 3. The van der Waals surface area contributed by atoms with Gasteiger partial charge in [0.2, 0.25) is 0 Å². The first-order valence-electron chi connectivity index (χ1n) is 4.11. The van der Waals surface area contributed by atoms with Crippen molar-refractivity contribution in [2.24, 2.45) is 7.05 Å². The van der Waals surface area contributed by atoms with E-state index in [9.17, 15) is 4.79 Å². The summed E-state index contributed by atoms with van der Waals surface area (Å²) in [4.78, 5) is 18.7. The minimum absolute atomic E-state index is 0.0215. The zero-order chi connectivity index (χ0) is 10.3. The molecule has 0 aliphatic rings. The van der Waals surface area contributed by atoms with E-state index in [0.717, 1.165) is 5.56 Å². The van der Waals surface area contributed by atoms with Crippen LogP contribution in [-0.2, 0) is 7.05 Å². The van der Waals surface area contributed by atoms with Crippen LogP contribution in [0.4, 0.5) is 0 Å². The highest BCUT2D eigenvalue weighted by Crippen LogP contribution is 2.15. The molecule has 0 unspecified atom stereocenters. The summed E-state index contributed by atoms with van der Waals surface area (Å²) in [5, 5.41) is 8.73. The second-order valence-corrected chi connectivity index (χ2v) is 3.16. The summed E-state index contributed by atoms with van der Waals surface area (Å²) >= 11 is 0. The molecule has 2 rings (SSSR count). The van der Waals surface area contributed by atoms with E-state index in [1.807, 2.05) is 24.7 Å². The van der Waals surface area contributed by atoms with Crippen molar-refractivity contribution in [2.45, 2.75) is 6.92 Å². The lowest BCUT2D eigenvalue weighted by Crippen LogP contribution is -2.01. The molecular weight excluding hydrogens is 182 g/mol. The van der Waals surface area contributed by atoms with E-state index in [0.29, 0.717) is 11.2 Å².